The first-order chi connectivity index (χ1) is 32.7. The minimum absolute atomic E-state index is 0.872. The average Bonchev–Trinajstić information content (AvgIpc) is 4.14. The van der Waals surface area contributed by atoms with Crippen LogP contribution in [0.15, 0.2) is 109 Å². The van der Waals surface area contributed by atoms with Gasteiger partial charge in [0.25, 0.3) is 0 Å². The van der Waals surface area contributed by atoms with Gasteiger partial charge >= 0.3 is 0 Å². The van der Waals surface area contributed by atoms with E-state index in [4.69, 9.17) is 9.97 Å². The standard InChI is InChI=1S/C62H60N4Si3/c1-41-39-42(2)58(43(3)40-41)62-56-31-29-54(65-56)60(48-21-15-45(16-22-48)34-37-68(7,8)9)52-27-25-50(63-52)59(47-19-13-44(14-20-47)33-36-67(4,5)6)51-26-28-53(64-51)61(55-30-32-57(62)66-55)49-23-17-46(18-24-49)35-38-69(10,11)12/h13-32,39-40,63-64H,1-12H3. The molecule has 3 aromatic heterocycles. The van der Waals surface area contributed by atoms with Gasteiger partial charge in [-0.05, 0) is 139 Å². The monoisotopic (exact) mass is 944 g/mol. The van der Waals surface area contributed by atoms with Crippen LogP contribution in [0.2, 0.25) is 58.9 Å². The number of fused-ring (bicyclic) bond motifs is 8. The fraction of sp³-hybridized carbons (Fsp3) is 0.194. The van der Waals surface area contributed by atoms with Crippen LogP contribution in [0.5, 0.6) is 0 Å². The lowest BCUT2D eigenvalue weighted by Gasteiger charge is -2.13. The highest BCUT2D eigenvalue weighted by atomic mass is 28.3. The summed E-state index contributed by atoms with van der Waals surface area (Å²) in [6.45, 7) is 27.1. The molecular formula is C62H60N4Si3. The van der Waals surface area contributed by atoms with Gasteiger partial charge in [-0.1, -0.05) is 131 Å². The van der Waals surface area contributed by atoms with Gasteiger partial charge in [-0.25, -0.2) is 9.97 Å². The molecule has 0 unspecified atom stereocenters. The zero-order chi connectivity index (χ0) is 48.8. The molecule has 69 heavy (non-hydrogen) atoms. The van der Waals surface area contributed by atoms with Crippen molar-refractivity contribution in [3.05, 3.63) is 165 Å². The maximum Gasteiger partial charge on any atom is 0.129 e. The Kier molecular flexibility index (Phi) is 12.5. The number of rotatable bonds is 4. The lowest BCUT2D eigenvalue weighted by molar-refractivity contribution is 1.25. The van der Waals surface area contributed by atoms with Crippen LogP contribution < -0.4 is 0 Å². The summed E-state index contributed by atoms with van der Waals surface area (Å²) < 4.78 is 0. The van der Waals surface area contributed by atoms with Crippen molar-refractivity contribution < 1.29 is 0 Å². The minimum Gasteiger partial charge on any atom is -0.354 e. The van der Waals surface area contributed by atoms with Crippen molar-refractivity contribution in [3.8, 4) is 78.9 Å². The van der Waals surface area contributed by atoms with E-state index in [9.17, 15) is 0 Å². The third-order valence-electron chi connectivity index (χ3n) is 11.9. The molecule has 0 amide bonds. The van der Waals surface area contributed by atoms with E-state index in [1.54, 1.807) is 0 Å². The number of hydrogen-bond donors (Lipinski definition) is 2. The van der Waals surface area contributed by atoms with E-state index in [2.05, 4.69) is 258 Å². The lowest BCUT2D eigenvalue weighted by atomic mass is 9.92. The fourth-order valence-electron chi connectivity index (χ4n) is 8.90. The van der Waals surface area contributed by atoms with Gasteiger partial charge in [0.1, 0.15) is 24.2 Å². The van der Waals surface area contributed by atoms with Crippen LogP contribution in [-0.4, -0.2) is 44.2 Å². The van der Waals surface area contributed by atoms with Gasteiger partial charge in [0.2, 0.25) is 0 Å². The third kappa shape index (κ3) is 10.6. The molecule has 4 aromatic carbocycles. The van der Waals surface area contributed by atoms with Crippen molar-refractivity contribution in [2.24, 2.45) is 0 Å². The molecule has 7 aromatic rings. The maximum atomic E-state index is 5.58. The summed E-state index contributed by atoms with van der Waals surface area (Å²) in [5, 5.41) is 0. The summed E-state index contributed by atoms with van der Waals surface area (Å²) in [5.74, 6) is 10.4. The number of H-pyrrole nitrogens is 2. The third-order valence-corrected chi connectivity index (χ3v) is 14.6. The molecule has 9 rings (SSSR count). The highest BCUT2D eigenvalue weighted by molar-refractivity contribution is 6.84. The van der Waals surface area contributed by atoms with E-state index in [1.165, 1.54) is 16.7 Å². The van der Waals surface area contributed by atoms with Crippen LogP contribution in [-0.2, 0) is 0 Å². The maximum absolute atomic E-state index is 5.58. The van der Waals surface area contributed by atoms with E-state index < -0.39 is 24.2 Å². The zero-order valence-corrected chi connectivity index (χ0v) is 45.1. The largest absolute Gasteiger partial charge is 0.354 e. The number of aromatic amines is 2. The van der Waals surface area contributed by atoms with E-state index in [0.717, 1.165) is 106 Å². The summed E-state index contributed by atoms with van der Waals surface area (Å²) in [4.78, 5) is 19.0. The molecule has 2 aliphatic rings. The Morgan fingerprint density at radius 2 is 0.638 bits per heavy atom. The topological polar surface area (TPSA) is 57.4 Å². The summed E-state index contributed by atoms with van der Waals surface area (Å²) >= 11 is 0. The fourth-order valence-corrected chi connectivity index (χ4v) is 10.5. The summed E-state index contributed by atoms with van der Waals surface area (Å²) in [6.07, 6.45) is 8.66. The number of benzene rings is 4. The van der Waals surface area contributed by atoms with Crippen molar-refractivity contribution in [1.29, 1.82) is 0 Å². The Morgan fingerprint density at radius 1 is 0.348 bits per heavy atom. The molecule has 0 spiro atoms. The summed E-state index contributed by atoms with van der Waals surface area (Å²) in [7, 11) is -4.68. The van der Waals surface area contributed by atoms with Crippen molar-refractivity contribution in [3.63, 3.8) is 0 Å². The molecule has 7 heteroatoms. The number of nitrogens with one attached hydrogen (secondary N) is 2. The number of aromatic nitrogens is 4. The second-order valence-corrected chi connectivity index (χ2v) is 35.8. The summed E-state index contributed by atoms with van der Waals surface area (Å²) in [5.41, 5.74) is 33.0. The van der Waals surface area contributed by atoms with Gasteiger partial charge in [0.05, 0.1) is 22.8 Å². The second kappa shape index (κ2) is 18.4. The molecule has 0 radical (unpaired) electrons. The number of nitrogens with zero attached hydrogens (tertiary/aromatic N) is 2. The van der Waals surface area contributed by atoms with Gasteiger partial charge in [0, 0.05) is 61.0 Å². The SMILES string of the molecule is Cc1cc(C)c(-c2c3nc(c(-c4ccc(C#C[Si](C)(C)C)cc4)c4ccc([nH]4)c(-c4ccc(C#C[Si](C)(C)C)cc4)c4ccc([nH]4)c(-c4ccc(C#C[Si](C)(C)C)cc4)c4nc2C=C4)C=C3)c(C)c1. The molecule has 0 aliphatic carbocycles. The van der Waals surface area contributed by atoms with Gasteiger partial charge in [0.15, 0.2) is 0 Å². The smallest absolute Gasteiger partial charge is 0.129 e. The Balaban J connectivity index is 1.40. The predicted octanol–water partition coefficient (Wildman–Crippen LogP) is 15.9. The van der Waals surface area contributed by atoms with Gasteiger partial charge in [-0.2, -0.15) is 0 Å². The Hall–Kier alpha value is -7.19. The Bertz CT molecular complexity index is 3420. The highest BCUT2D eigenvalue weighted by Gasteiger charge is 2.22. The van der Waals surface area contributed by atoms with Crippen molar-refractivity contribution in [1.82, 2.24) is 19.9 Å². The van der Waals surface area contributed by atoms with E-state index >= 15 is 0 Å². The first-order valence-corrected chi connectivity index (χ1v) is 34.4. The quantitative estimate of drug-likeness (QED) is 0.136. The van der Waals surface area contributed by atoms with Crippen molar-refractivity contribution >= 4 is 70.6 Å². The molecule has 340 valence electrons. The molecular weight excluding hydrogens is 885 g/mol. The van der Waals surface area contributed by atoms with E-state index in [0.29, 0.717) is 0 Å². The molecule has 5 heterocycles. The van der Waals surface area contributed by atoms with Crippen LogP contribution in [0.1, 0.15) is 56.2 Å². The van der Waals surface area contributed by atoms with Crippen LogP contribution in [0.3, 0.4) is 0 Å². The van der Waals surface area contributed by atoms with E-state index in [1.807, 2.05) is 0 Å². The molecule has 8 bridgehead atoms. The van der Waals surface area contributed by atoms with Crippen LogP contribution in [0.25, 0.3) is 90.9 Å². The lowest BCUT2D eigenvalue weighted by Crippen LogP contribution is -2.16. The first kappa shape index (κ1) is 46.9. The van der Waals surface area contributed by atoms with Crippen LogP contribution >= 0.6 is 0 Å². The number of aryl methyl sites for hydroxylation is 3. The number of hydrogen-bond acceptors (Lipinski definition) is 2. The molecule has 2 N–H and O–H groups in total. The van der Waals surface area contributed by atoms with Gasteiger partial charge in [-0.3, -0.25) is 0 Å². The average molecular weight is 945 g/mol. The van der Waals surface area contributed by atoms with Gasteiger partial charge < -0.3 is 9.97 Å². The van der Waals surface area contributed by atoms with Crippen molar-refractivity contribution in [2.75, 3.05) is 0 Å². The Labute approximate surface area is 412 Å². The Morgan fingerprint density at radius 3 is 0.957 bits per heavy atom. The molecule has 0 saturated carbocycles. The second-order valence-electron chi connectivity index (χ2n) is 21.5. The van der Waals surface area contributed by atoms with Gasteiger partial charge in [-0.15, -0.1) is 16.6 Å². The molecule has 0 atom stereocenters. The first-order valence-electron chi connectivity index (χ1n) is 23.9. The highest BCUT2D eigenvalue weighted by Crippen LogP contribution is 2.40. The summed E-state index contributed by atoms with van der Waals surface area (Å²) in [6, 6.07) is 39.3. The minimum atomic E-state index is -1.56. The normalized spacial score (nSPS) is 12.2. The molecule has 2 aliphatic heterocycles. The van der Waals surface area contributed by atoms with E-state index in [-0.39, 0.29) is 0 Å². The zero-order valence-electron chi connectivity index (χ0n) is 42.1. The van der Waals surface area contributed by atoms with Crippen LogP contribution in [0, 0.1) is 55.2 Å². The van der Waals surface area contributed by atoms with Crippen LogP contribution in [0.4, 0.5) is 0 Å². The molecule has 4 nitrogen and oxygen atoms in total. The van der Waals surface area contributed by atoms with Crippen molar-refractivity contribution in [2.45, 2.75) is 79.7 Å². The predicted molar refractivity (Wildman–Crippen MR) is 305 cm³/mol. The molecule has 0 saturated heterocycles. The molecule has 0 fully saturated rings.